The SMILES string of the molecule is Cc1c(O)cccc1C(=O)NCC1(O)CCOC1C. The Bertz CT molecular complexity index is 488. The number of hydrogen-bond donors (Lipinski definition) is 3. The fourth-order valence-corrected chi connectivity index (χ4v) is 2.20. The first kappa shape index (κ1) is 13.8. The number of carbonyl (C=O) groups is 1. The first-order valence-electron chi connectivity index (χ1n) is 6.35. The summed E-state index contributed by atoms with van der Waals surface area (Å²) >= 11 is 0. The Morgan fingerprint density at radius 2 is 2.32 bits per heavy atom. The molecule has 5 heteroatoms. The average molecular weight is 265 g/mol. The molecule has 19 heavy (non-hydrogen) atoms. The number of benzene rings is 1. The van der Waals surface area contributed by atoms with Crippen LogP contribution in [0, 0.1) is 6.92 Å². The Labute approximate surface area is 112 Å². The van der Waals surface area contributed by atoms with Gasteiger partial charge in [0.2, 0.25) is 0 Å². The minimum Gasteiger partial charge on any atom is -0.508 e. The summed E-state index contributed by atoms with van der Waals surface area (Å²) in [6.45, 7) is 4.11. The zero-order valence-corrected chi connectivity index (χ0v) is 11.1. The maximum Gasteiger partial charge on any atom is 0.251 e. The van der Waals surface area contributed by atoms with E-state index in [1.807, 2.05) is 0 Å². The molecule has 0 aliphatic carbocycles. The third kappa shape index (κ3) is 2.72. The highest BCUT2D eigenvalue weighted by Gasteiger charge is 2.39. The predicted octanol–water partition coefficient (Wildman–Crippen LogP) is 0.970. The highest BCUT2D eigenvalue weighted by Crippen LogP contribution is 2.25. The van der Waals surface area contributed by atoms with Crippen molar-refractivity contribution in [2.45, 2.75) is 32.0 Å². The van der Waals surface area contributed by atoms with Gasteiger partial charge in [-0.1, -0.05) is 6.07 Å². The number of amides is 1. The van der Waals surface area contributed by atoms with Crippen LogP contribution in [0.2, 0.25) is 0 Å². The van der Waals surface area contributed by atoms with Crippen LogP contribution in [-0.4, -0.2) is 41.0 Å². The van der Waals surface area contributed by atoms with Crippen molar-refractivity contribution in [1.29, 1.82) is 0 Å². The highest BCUT2D eigenvalue weighted by molar-refractivity contribution is 5.96. The molecule has 1 heterocycles. The van der Waals surface area contributed by atoms with Crippen molar-refractivity contribution in [2.75, 3.05) is 13.2 Å². The van der Waals surface area contributed by atoms with E-state index in [0.29, 0.717) is 24.2 Å². The van der Waals surface area contributed by atoms with Gasteiger partial charge in [0, 0.05) is 30.7 Å². The third-order valence-electron chi connectivity index (χ3n) is 3.76. The van der Waals surface area contributed by atoms with Gasteiger partial charge in [-0.15, -0.1) is 0 Å². The van der Waals surface area contributed by atoms with Crippen molar-refractivity contribution < 1.29 is 19.7 Å². The second-order valence-electron chi connectivity index (χ2n) is 5.00. The minimum atomic E-state index is -1.01. The Morgan fingerprint density at radius 1 is 1.58 bits per heavy atom. The molecule has 1 aliphatic heterocycles. The van der Waals surface area contributed by atoms with Gasteiger partial charge in [-0.25, -0.2) is 0 Å². The minimum absolute atomic E-state index is 0.0870. The number of rotatable bonds is 3. The quantitative estimate of drug-likeness (QED) is 0.761. The van der Waals surface area contributed by atoms with E-state index >= 15 is 0 Å². The largest absolute Gasteiger partial charge is 0.508 e. The molecule has 1 fully saturated rings. The Hall–Kier alpha value is -1.59. The number of carbonyl (C=O) groups excluding carboxylic acids is 1. The van der Waals surface area contributed by atoms with Gasteiger partial charge in [-0.3, -0.25) is 4.79 Å². The van der Waals surface area contributed by atoms with Crippen molar-refractivity contribution in [1.82, 2.24) is 5.32 Å². The molecule has 0 saturated carbocycles. The number of nitrogens with one attached hydrogen (secondary N) is 1. The summed E-state index contributed by atoms with van der Waals surface area (Å²) in [7, 11) is 0. The molecule has 2 unspecified atom stereocenters. The summed E-state index contributed by atoms with van der Waals surface area (Å²) in [5, 5.41) is 22.6. The van der Waals surface area contributed by atoms with Crippen LogP contribution >= 0.6 is 0 Å². The summed E-state index contributed by atoms with van der Waals surface area (Å²) in [6, 6.07) is 4.79. The van der Waals surface area contributed by atoms with E-state index in [9.17, 15) is 15.0 Å². The maximum atomic E-state index is 12.0. The summed E-state index contributed by atoms with van der Waals surface area (Å²) in [4.78, 5) is 12.0. The maximum absolute atomic E-state index is 12.0. The van der Waals surface area contributed by atoms with Crippen LogP contribution < -0.4 is 5.32 Å². The smallest absolute Gasteiger partial charge is 0.251 e. The molecule has 3 N–H and O–H groups in total. The zero-order valence-electron chi connectivity index (χ0n) is 11.1. The summed E-state index contributed by atoms with van der Waals surface area (Å²) < 4.78 is 5.31. The van der Waals surface area contributed by atoms with E-state index in [4.69, 9.17) is 4.74 Å². The molecule has 1 aromatic rings. The van der Waals surface area contributed by atoms with Crippen molar-refractivity contribution >= 4 is 5.91 Å². The number of phenolic OH excluding ortho intramolecular Hbond substituents is 1. The van der Waals surface area contributed by atoms with Gasteiger partial charge in [0.25, 0.3) is 5.91 Å². The molecule has 1 aliphatic rings. The van der Waals surface area contributed by atoms with E-state index in [-0.39, 0.29) is 24.3 Å². The lowest BCUT2D eigenvalue weighted by atomic mass is 9.96. The van der Waals surface area contributed by atoms with E-state index < -0.39 is 5.60 Å². The van der Waals surface area contributed by atoms with Crippen LogP contribution in [0.4, 0.5) is 0 Å². The molecule has 1 aromatic carbocycles. The summed E-state index contributed by atoms with van der Waals surface area (Å²) in [6.07, 6.45) is 0.214. The zero-order chi connectivity index (χ0) is 14.0. The van der Waals surface area contributed by atoms with E-state index in [1.54, 1.807) is 26.0 Å². The lowest BCUT2D eigenvalue weighted by Crippen LogP contribution is -2.47. The molecule has 1 saturated heterocycles. The normalized spacial score (nSPS) is 26.4. The molecule has 0 spiro atoms. The van der Waals surface area contributed by atoms with Gasteiger partial charge in [-0.05, 0) is 26.0 Å². The fourth-order valence-electron chi connectivity index (χ4n) is 2.20. The lowest BCUT2D eigenvalue weighted by molar-refractivity contribution is -0.0251. The molecule has 5 nitrogen and oxygen atoms in total. The van der Waals surface area contributed by atoms with E-state index in [0.717, 1.165) is 0 Å². The Morgan fingerprint density at radius 3 is 2.95 bits per heavy atom. The van der Waals surface area contributed by atoms with Gasteiger partial charge >= 0.3 is 0 Å². The molecule has 1 amide bonds. The molecule has 0 radical (unpaired) electrons. The number of phenols is 1. The first-order valence-corrected chi connectivity index (χ1v) is 6.35. The third-order valence-corrected chi connectivity index (χ3v) is 3.76. The summed E-state index contributed by atoms with van der Waals surface area (Å²) in [5.74, 6) is -0.218. The lowest BCUT2D eigenvalue weighted by Gasteiger charge is -2.26. The Kier molecular flexibility index (Phi) is 3.78. The standard InChI is InChI=1S/C14H19NO4/c1-9-11(4-3-5-12(9)16)13(17)15-8-14(18)6-7-19-10(14)2/h3-5,10,16,18H,6-8H2,1-2H3,(H,15,17). The highest BCUT2D eigenvalue weighted by atomic mass is 16.5. The molecule has 0 bridgehead atoms. The van der Waals surface area contributed by atoms with Gasteiger partial charge in [0.05, 0.1) is 6.10 Å². The van der Waals surface area contributed by atoms with Crippen molar-refractivity contribution in [3.05, 3.63) is 29.3 Å². The monoisotopic (exact) mass is 265 g/mol. The first-order chi connectivity index (χ1) is 8.94. The fraction of sp³-hybridized carbons (Fsp3) is 0.500. The number of ether oxygens (including phenoxy) is 1. The van der Waals surface area contributed by atoms with Gasteiger partial charge in [0.1, 0.15) is 11.4 Å². The molecule has 2 atom stereocenters. The van der Waals surface area contributed by atoms with E-state index in [1.165, 1.54) is 6.07 Å². The van der Waals surface area contributed by atoms with Gasteiger partial charge in [-0.2, -0.15) is 0 Å². The molecule has 2 rings (SSSR count). The van der Waals surface area contributed by atoms with Crippen molar-refractivity contribution in [2.24, 2.45) is 0 Å². The number of hydrogen-bond acceptors (Lipinski definition) is 4. The molecule has 0 aromatic heterocycles. The van der Waals surface area contributed by atoms with Crippen molar-refractivity contribution in [3.63, 3.8) is 0 Å². The second kappa shape index (κ2) is 5.19. The van der Waals surface area contributed by atoms with Gasteiger partial charge in [0.15, 0.2) is 0 Å². The van der Waals surface area contributed by atoms with Crippen molar-refractivity contribution in [3.8, 4) is 5.75 Å². The predicted molar refractivity (Wildman–Crippen MR) is 70.2 cm³/mol. The summed E-state index contributed by atoms with van der Waals surface area (Å²) in [5.41, 5.74) is -0.0710. The van der Waals surface area contributed by atoms with Crippen LogP contribution in [0.1, 0.15) is 29.3 Å². The van der Waals surface area contributed by atoms with Gasteiger partial charge < -0.3 is 20.3 Å². The number of aliphatic hydroxyl groups is 1. The molecular formula is C14H19NO4. The number of aromatic hydroxyl groups is 1. The second-order valence-corrected chi connectivity index (χ2v) is 5.00. The van der Waals surface area contributed by atoms with Crippen LogP contribution in [-0.2, 0) is 4.74 Å². The topological polar surface area (TPSA) is 78.8 Å². The van der Waals surface area contributed by atoms with Crippen LogP contribution in [0.3, 0.4) is 0 Å². The average Bonchev–Trinajstić information content (AvgIpc) is 2.71. The van der Waals surface area contributed by atoms with Crippen LogP contribution in [0.15, 0.2) is 18.2 Å². The molecule has 104 valence electrons. The Balaban J connectivity index is 2.04. The van der Waals surface area contributed by atoms with Crippen LogP contribution in [0.25, 0.3) is 0 Å². The van der Waals surface area contributed by atoms with E-state index in [2.05, 4.69) is 5.32 Å². The molecular weight excluding hydrogens is 246 g/mol. The van der Waals surface area contributed by atoms with Crippen LogP contribution in [0.5, 0.6) is 5.75 Å².